The van der Waals surface area contributed by atoms with E-state index < -0.39 is 0 Å². The van der Waals surface area contributed by atoms with E-state index >= 15 is 0 Å². The van der Waals surface area contributed by atoms with Gasteiger partial charge in [-0.2, -0.15) is 0 Å². The van der Waals surface area contributed by atoms with Crippen LogP contribution < -0.4 is 0 Å². The number of carbonyl (C=O) groups is 2. The summed E-state index contributed by atoms with van der Waals surface area (Å²) in [6.07, 6.45) is 11.2. The highest BCUT2D eigenvalue weighted by atomic mass is 16.5. The molecule has 8 atom stereocenters. The van der Waals surface area contributed by atoms with Crippen molar-refractivity contribution in [2.45, 2.75) is 97.7 Å². The maximum atomic E-state index is 12.0. The Morgan fingerprint density at radius 1 is 1.03 bits per heavy atom. The Morgan fingerprint density at radius 2 is 1.76 bits per heavy atom. The quantitative estimate of drug-likeness (QED) is 0.463. The third-order valence-electron chi connectivity index (χ3n) is 8.80. The maximum absolute atomic E-state index is 12.0. The molecule has 4 nitrogen and oxygen atoms in total. The lowest BCUT2D eigenvalue weighted by Crippen LogP contribution is -2.51. The lowest BCUT2D eigenvalue weighted by molar-refractivity contribution is -0.159. The smallest absolute Gasteiger partial charge is 0.306 e. The predicted octanol–water partition coefficient (Wildman–Crippen LogP) is 5.45. The van der Waals surface area contributed by atoms with E-state index in [2.05, 4.69) is 19.9 Å². The predicted molar refractivity (Wildman–Crippen MR) is 112 cm³/mol. The van der Waals surface area contributed by atoms with Crippen LogP contribution in [-0.2, 0) is 19.1 Å². The van der Waals surface area contributed by atoms with Gasteiger partial charge in [-0.3, -0.25) is 9.59 Å². The maximum Gasteiger partial charge on any atom is 0.306 e. The summed E-state index contributed by atoms with van der Waals surface area (Å²) in [5, 5.41) is 0. The van der Waals surface area contributed by atoms with Crippen LogP contribution in [0.3, 0.4) is 0 Å². The number of hydrogen-bond acceptors (Lipinski definition) is 4. The molecule has 0 aromatic heterocycles. The molecular formula is C25H38O4. The van der Waals surface area contributed by atoms with Crippen LogP contribution in [0, 0.1) is 35.0 Å². The molecule has 0 aromatic rings. The molecule has 0 aliphatic heterocycles. The van der Waals surface area contributed by atoms with Crippen LogP contribution in [0.1, 0.15) is 85.5 Å². The summed E-state index contributed by atoms with van der Waals surface area (Å²) < 4.78 is 11.6. The van der Waals surface area contributed by atoms with E-state index in [1.165, 1.54) is 19.3 Å². The lowest BCUT2D eigenvalue weighted by atomic mass is 9.49. The van der Waals surface area contributed by atoms with E-state index in [4.69, 9.17) is 9.47 Å². The SMILES string of the molecule is CCC(=O)O[C@H]1CC[C@H]2[C@H]3[C@H](CC[C@]12C)[C@H]1CC[C@@H](OC(=O)CC)C=C1C[C@H]3C. The van der Waals surface area contributed by atoms with E-state index in [9.17, 15) is 9.59 Å². The number of hydrogen-bond donors (Lipinski definition) is 0. The monoisotopic (exact) mass is 402 g/mol. The van der Waals surface area contributed by atoms with Gasteiger partial charge in [0.05, 0.1) is 0 Å². The molecule has 4 rings (SSSR count). The molecule has 0 spiro atoms. The topological polar surface area (TPSA) is 52.6 Å². The minimum Gasteiger partial charge on any atom is -0.462 e. The average molecular weight is 403 g/mol. The second-order valence-corrected chi connectivity index (χ2v) is 10.3. The zero-order valence-corrected chi connectivity index (χ0v) is 18.6. The lowest BCUT2D eigenvalue weighted by Gasteiger charge is -2.56. The molecule has 3 saturated carbocycles. The van der Waals surface area contributed by atoms with Crippen LogP contribution in [0.15, 0.2) is 11.6 Å². The first-order valence-corrected chi connectivity index (χ1v) is 12.0. The summed E-state index contributed by atoms with van der Waals surface area (Å²) in [4.78, 5) is 23.7. The molecule has 4 aliphatic carbocycles. The fourth-order valence-electron chi connectivity index (χ4n) is 7.44. The highest BCUT2D eigenvalue weighted by Gasteiger charge is 2.59. The zero-order valence-electron chi connectivity index (χ0n) is 18.6. The number of ether oxygens (including phenoxy) is 2. The van der Waals surface area contributed by atoms with Crippen molar-refractivity contribution in [1.29, 1.82) is 0 Å². The zero-order chi connectivity index (χ0) is 20.8. The largest absolute Gasteiger partial charge is 0.462 e. The highest BCUT2D eigenvalue weighted by molar-refractivity contribution is 5.69. The van der Waals surface area contributed by atoms with Crippen molar-refractivity contribution in [3.8, 4) is 0 Å². The number of carbonyl (C=O) groups excluding carboxylic acids is 2. The molecular weight excluding hydrogens is 364 g/mol. The van der Waals surface area contributed by atoms with Gasteiger partial charge in [-0.1, -0.05) is 33.3 Å². The van der Waals surface area contributed by atoms with Gasteiger partial charge in [0.2, 0.25) is 0 Å². The van der Waals surface area contributed by atoms with E-state index in [0.29, 0.717) is 30.6 Å². The van der Waals surface area contributed by atoms with Crippen molar-refractivity contribution >= 4 is 11.9 Å². The van der Waals surface area contributed by atoms with Crippen molar-refractivity contribution in [2.24, 2.45) is 35.0 Å². The Kier molecular flexibility index (Phi) is 5.83. The van der Waals surface area contributed by atoms with E-state index in [1.807, 2.05) is 13.8 Å². The molecule has 0 radical (unpaired) electrons. The van der Waals surface area contributed by atoms with Gasteiger partial charge in [0.1, 0.15) is 12.2 Å². The third-order valence-corrected chi connectivity index (χ3v) is 8.80. The van der Waals surface area contributed by atoms with Crippen molar-refractivity contribution in [1.82, 2.24) is 0 Å². The molecule has 4 heteroatoms. The van der Waals surface area contributed by atoms with Crippen molar-refractivity contribution in [3.63, 3.8) is 0 Å². The minimum absolute atomic E-state index is 0.0179. The molecule has 0 amide bonds. The first kappa shape index (κ1) is 20.9. The van der Waals surface area contributed by atoms with Crippen molar-refractivity contribution in [3.05, 3.63) is 11.6 Å². The van der Waals surface area contributed by atoms with Gasteiger partial charge < -0.3 is 9.47 Å². The van der Waals surface area contributed by atoms with Crippen molar-refractivity contribution in [2.75, 3.05) is 0 Å². The van der Waals surface area contributed by atoms with E-state index in [0.717, 1.165) is 37.5 Å². The normalized spacial score (nSPS) is 43.4. The second-order valence-electron chi connectivity index (χ2n) is 10.3. The molecule has 0 bridgehead atoms. The molecule has 0 saturated heterocycles. The van der Waals surface area contributed by atoms with Gasteiger partial charge in [-0.25, -0.2) is 0 Å². The standard InChI is InChI=1S/C25H38O4/c1-5-22(26)28-17-7-8-18-16(14-17)13-15(3)24-19(18)11-12-25(4)20(24)9-10-21(25)29-23(27)6-2/h14-15,17-21,24H,5-13H2,1-4H3/t15-,17-,18+,19-,20+,21+,24-,25+/m1/s1. The van der Waals surface area contributed by atoms with Gasteiger partial charge in [0, 0.05) is 18.3 Å². The summed E-state index contributed by atoms with van der Waals surface area (Å²) >= 11 is 0. The Balaban J connectivity index is 1.52. The Hall–Kier alpha value is -1.32. The third kappa shape index (κ3) is 3.65. The van der Waals surface area contributed by atoms with E-state index in [1.54, 1.807) is 5.57 Å². The van der Waals surface area contributed by atoms with Gasteiger partial charge >= 0.3 is 11.9 Å². The fourth-order valence-corrected chi connectivity index (χ4v) is 7.44. The molecule has 0 heterocycles. The number of allylic oxidation sites excluding steroid dienone is 1. The Morgan fingerprint density at radius 3 is 2.48 bits per heavy atom. The minimum atomic E-state index is -0.0842. The fraction of sp³-hybridized carbons (Fsp3) is 0.840. The van der Waals surface area contributed by atoms with Gasteiger partial charge in [-0.05, 0) is 80.6 Å². The molecule has 3 fully saturated rings. The van der Waals surface area contributed by atoms with Gasteiger partial charge in [-0.15, -0.1) is 0 Å². The van der Waals surface area contributed by atoms with Crippen LogP contribution >= 0.6 is 0 Å². The Labute approximate surface area is 175 Å². The van der Waals surface area contributed by atoms with Gasteiger partial charge in [0.25, 0.3) is 0 Å². The first-order chi connectivity index (χ1) is 13.9. The molecule has 0 N–H and O–H groups in total. The molecule has 4 aliphatic rings. The highest BCUT2D eigenvalue weighted by Crippen LogP contribution is 2.63. The number of rotatable bonds is 4. The second kappa shape index (κ2) is 8.07. The molecule has 0 aromatic carbocycles. The molecule has 162 valence electrons. The van der Waals surface area contributed by atoms with Crippen LogP contribution in [-0.4, -0.2) is 24.1 Å². The molecule has 0 unspecified atom stereocenters. The summed E-state index contributed by atoms with van der Waals surface area (Å²) in [7, 11) is 0. The Bertz CT molecular complexity index is 682. The van der Waals surface area contributed by atoms with Crippen LogP contribution in [0.2, 0.25) is 0 Å². The van der Waals surface area contributed by atoms with Crippen LogP contribution in [0.25, 0.3) is 0 Å². The molecule has 29 heavy (non-hydrogen) atoms. The van der Waals surface area contributed by atoms with Crippen LogP contribution in [0.5, 0.6) is 0 Å². The number of fused-ring (bicyclic) bond motifs is 5. The van der Waals surface area contributed by atoms with Gasteiger partial charge in [0.15, 0.2) is 0 Å². The first-order valence-electron chi connectivity index (χ1n) is 12.0. The summed E-state index contributed by atoms with van der Waals surface area (Å²) in [6, 6.07) is 0. The summed E-state index contributed by atoms with van der Waals surface area (Å²) in [5.41, 5.74) is 1.70. The number of esters is 2. The summed E-state index contributed by atoms with van der Waals surface area (Å²) in [6.45, 7) is 8.57. The van der Waals surface area contributed by atoms with Crippen LogP contribution in [0.4, 0.5) is 0 Å². The average Bonchev–Trinajstić information content (AvgIpc) is 3.03. The van der Waals surface area contributed by atoms with E-state index in [-0.39, 0.29) is 29.6 Å². The summed E-state index contributed by atoms with van der Waals surface area (Å²) in [5.74, 6) is 3.33. The van der Waals surface area contributed by atoms with Crippen molar-refractivity contribution < 1.29 is 19.1 Å².